The van der Waals surface area contributed by atoms with Gasteiger partial charge in [-0.1, -0.05) is 0 Å². The van der Waals surface area contributed by atoms with Crippen molar-refractivity contribution < 1.29 is 28.2 Å². The maximum atomic E-state index is 14.8. The zero-order valence-electron chi connectivity index (χ0n) is 16.6. The van der Waals surface area contributed by atoms with Crippen LogP contribution >= 0.6 is 0 Å². The number of methoxy groups -OCH3 is 1. The highest BCUT2D eigenvalue weighted by molar-refractivity contribution is 5.93. The Hall–Kier alpha value is -3.89. The second kappa shape index (κ2) is 8.46. The fourth-order valence-corrected chi connectivity index (χ4v) is 3.41. The van der Waals surface area contributed by atoms with E-state index in [4.69, 9.17) is 4.74 Å². The van der Waals surface area contributed by atoms with E-state index in [9.17, 15) is 18.8 Å². The lowest BCUT2D eigenvalue weighted by molar-refractivity contribution is 0.132. The maximum Gasteiger partial charge on any atom is 0.414 e. The first kappa shape index (κ1) is 20.4. The number of benzene rings is 1. The van der Waals surface area contributed by atoms with Crippen molar-refractivity contribution in [2.24, 2.45) is 0 Å². The number of alkyl carbamates (subject to hydrolysis) is 1. The minimum Gasteiger partial charge on any atom is -0.453 e. The number of amides is 4. The summed E-state index contributed by atoms with van der Waals surface area (Å²) in [4.78, 5) is 42.1. The van der Waals surface area contributed by atoms with E-state index in [1.165, 1.54) is 29.2 Å². The minimum atomic E-state index is -0.630. The van der Waals surface area contributed by atoms with Gasteiger partial charge in [-0.25, -0.2) is 23.8 Å². The number of cyclic esters (lactones) is 1. The van der Waals surface area contributed by atoms with Crippen LogP contribution in [0.5, 0.6) is 0 Å². The number of aromatic nitrogens is 1. The highest BCUT2D eigenvalue weighted by atomic mass is 19.1. The molecule has 1 aromatic heterocycles. The lowest BCUT2D eigenvalue weighted by Crippen LogP contribution is -2.34. The summed E-state index contributed by atoms with van der Waals surface area (Å²) < 4.78 is 24.5. The van der Waals surface area contributed by atoms with Crippen LogP contribution in [-0.2, 0) is 9.47 Å². The van der Waals surface area contributed by atoms with Crippen LogP contribution in [0.1, 0.15) is 0 Å². The van der Waals surface area contributed by atoms with E-state index >= 15 is 0 Å². The molecule has 0 aliphatic carbocycles. The Kier molecular flexibility index (Phi) is 5.56. The normalized spacial score (nSPS) is 18.1. The number of urea groups is 1. The number of ether oxygens (including phenoxy) is 2. The second-order valence-corrected chi connectivity index (χ2v) is 6.94. The van der Waals surface area contributed by atoms with Crippen LogP contribution in [0, 0.1) is 5.82 Å². The summed E-state index contributed by atoms with van der Waals surface area (Å²) in [5.41, 5.74) is 1.19. The van der Waals surface area contributed by atoms with E-state index in [-0.39, 0.29) is 19.1 Å². The average Bonchev–Trinajstić information content (AvgIpc) is 3.37. The largest absolute Gasteiger partial charge is 0.453 e. The summed E-state index contributed by atoms with van der Waals surface area (Å²) in [6.07, 6.45) is -0.333. The van der Waals surface area contributed by atoms with Gasteiger partial charge in [-0.3, -0.25) is 9.80 Å². The molecule has 0 radical (unpaired) electrons. The van der Waals surface area contributed by atoms with Gasteiger partial charge in [-0.05, 0) is 30.3 Å². The molecule has 10 nitrogen and oxygen atoms in total. The summed E-state index contributed by atoms with van der Waals surface area (Å²) in [6, 6.07) is 7.53. The number of halogens is 1. The average molecular weight is 429 g/mol. The molecule has 3 heterocycles. The van der Waals surface area contributed by atoms with E-state index in [1.807, 2.05) is 0 Å². The third-order valence-electron chi connectivity index (χ3n) is 4.99. The van der Waals surface area contributed by atoms with Gasteiger partial charge in [-0.2, -0.15) is 0 Å². The van der Waals surface area contributed by atoms with Crippen molar-refractivity contribution in [3.8, 4) is 11.1 Å². The summed E-state index contributed by atoms with van der Waals surface area (Å²) in [7, 11) is 1.23. The smallest absolute Gasteiger partial charge is 0.414 e. The van der Waals surface area contributed by atoms with Crippen molar-refractivity contribution in [1.82, 2.24) is 15.6 Å². The molecule has 4 rings (SSSR count). The Bertz CT molecular complexity index is 1020. The van der Waals surface area contributed by atoms with Gasteiger partial charge in [0.1, 0.15) is 17.7 Å². The van der Waals surface area contributed by atoms with Crippen LogP contribution in [-0.4, -0.2) is 62.6 Å². The molecule has 11 heteroatoms. The van der Waals surface area contributed by atoms with Crippen LogP contribution in [0.4, 0.5) is 30.3 Å². The van der Waals surface area contributed by atoms with Crippen molar-refractivity contribution in [3.05, 3.63) is 42.3 Å². The van der Waals surface area contributed by atoms with E-state index in [0.717, 1.165) is 0 Å². The predicted octanol–water partition coefficient (Wildman–Crippen LogP) is 2.10. The molecule has 4 amide bonds. The standard InChI is InChI=1S/C20H20FN5O5/c1-30-19(28)24-10-14-11-26(20(29)31-14)13-3-4-15(16(21)8-13)12-2-5-17(23-9-12)25-7-6-22-18(25)27/h2-5,8-9,14H,6-7,10-11H2,1H3,(H,22,27)(H,24,28). The molecule has 2 aliphatic rings. The molecule has 0 spiro atoms. The van der Waals surface area contributed by atoms with Gasteiger partial charge >= 0.3 is 18.2 Å². The highest BCUT2D eigenvalue weighted by Gasteiger charge is 2.33. The fourth-order valence-electron chi connectivity index (χ4n) is 3.41. The van der Waals surface area contributed by atoms with Gasteiger partial charge < -0.3 is 20.1 Å². The first-order valence-electron chi connectivity index (χ1n) is 9.57. The molecule has 1 unspecified atom stereocenters. The lowest BCUT2D eigenvalue weighted by Gasteiger charge is -2.15. The molecule has 2 fully saturated rings. The van der Waals surface area contributed by atoms with Crippen LogP contribution in [0.2, 0.25) is 0 Å². The number of hydrogen-bond donors (Lipinski definition) is 2. The first-order chi connectivity index (χ1) is 15.0. The SMILES string of the molecule is COC(=O)NCC1CN(c2ccc(-c3ccc(N4CCNC4=O)nc3)c(F)c2)C(=O)O1. The van der Waals surface area contributed by atoms with Crippen molar-refractivity contribution in [3.63, 3.8) is 0 Å². The van der Waals surface area contributed by atoms with Gasteiger partial charge in [0.05, 0.1) is 25.9 Å². The number of anilines is 2. The van der Waals surface area contributed by atoms with E-state index in [0.29, 0.717) is 35.7 Å². The zero-order valence-corrected chi connectivity index (χ0v) is 16.6. The molecule has 1 atom stereocenters. The number of nitrogens with zero attached hydrogens (tertiary/aromatic N) is 3. The van der Waals surface area contributed by atoms with Crippen molar-refractivity contribution in [2.45, 2.75) is 6.10 Å². The minimum absolute atomic E-state index is 0.0859. The molecule has 1 aromatic carbocycles. The van der Waals surface area contributed by atoms with Crippen molar-refractivity contribution in [2.75, 3.05) is 43.1 Å². The lowest BCUT2D eigenvalue weighted by atomic mass is 10.1. The van der Waals surface area contributed by atoms with Gasteiger partial charge in [0.15, 0.2) is 0 Å². The molecule has 2 aromatic rings. The monoisotopic (exact) mass is 429 g/mol. The van der Waals surface area contributed by atoms with Gasteiger partial charge in [0.25, 0.3) is 0 Å². The van der Waals surface area contributed by atoms with Crippen molar-refractivity contribution in [1.29, 1.82) is 0 Å². The Morgan fingerprint density at radius 3 is 2.81 bits per heavy atom. The van der Waals surface area contributed by atoms with Crippen molar-refractivity contribution >= 4 is 29.7 Å². The number of nitrogens with one attached hydrogen (secondary N) is 2. The number of carbonyl (C=O) groups excluding carboxylic acids is 3. The molecule has 31 heavy (non-hydrogen) atoms. The molecule has 0 saturated carbocycles. The van der Waals surface area contributed by atoms with E-state index < -0.39 is 24.1 Å². The summed E-state index contributed by atoms with van der Waals surface area (Å²) in [5.74, 6) is -0.0444. The summed E-state index contributed by atoms with van der Waals surface area (Å²) >= 11 is 0. The molecular weight excluding hydrogens is 409 g/mol. The summed E-state index contributed by atoms with van der Waals surface area (Å²) in [5, 5.41) is 5.16. The third-order valence-corrected chi connectivity index (χ3v) is 4.99. The highest BCUT2D eigenvalue weighted by Crippen LogP contribution is 2.29. The Morgan fingerprint density at radius 1 is 1.32 bits per heavy atom. The third kappa shape index (κ3) is 4.20. The quantitative estimate of drug-likeness (QED) is 0.753. The molecular formula is C20H20FN5O5. The van der Waals surface area contributed by atoms with Crippen LogP contribution in [0.25, 0.3) is 11.1 Å². The van der Waals surface area contributed by atoms with Crippen LogP contribution < -0.4 is 20.4 Å². The second-order valence-electron chi connectivity index (χ2n) is 6.94. The van der Waals surface area contributed by atoms with Crippen LogP contribution in [0.15, 0.2) is 36.5 Å². The van der Waals surface area contributed by atoms with E-state index in [2.05, 4.69) is 20.4 Å². The molecule has 2 N–H and O–H groups in total. The first-order valence-corrected chi connectivity index (χ1v) is 9.57. The van der Waals surface area contributed by atoms with Gasteiger partial charge in [0, 0.05) is 30.4 Å². The molecule has 162 valence electrons. The molecule has 2 saturated heterocycles. The number of pyridine rings is 1. The Labute approximate surface area is 176 Å². The predicted molar refractivity (Wildman–Crippen MR) is 108 cm³/mol. The fraction of sp³-hybridized carbons (Fsp3) is 0.300. The number of carbonyl (C=O) groups is 3. The maximum absolute atomic E-state index is 14.8. The Balaban J connectivity index is 1.46. The van der Waals surface area contributed by atoms with Gasteiger partial charge in [0.2, 0.25) is 0 Å². The molecule has 2 aliphatic heterocycles. The topological polar surface area (TPSA) is 113 Å². The number of rotatable bonds is 5. The number of hydrogen-bond acceptors (Lipinski definition) is 6. The van der Waals surface area contributed by atoms with Crippen LogP contribution in [0.3, 0.4) is 0 Å². The zero-order chi connectivity index (χ0) is 22.0. The molecule has 0 bridgehead atoms. The van der Waals surface area contributed by atoms with E-state index in [1.54, 1.807) is 24.3 Å². The van der Waals surface area contributed by atoms with Gasteiger partial charge in [-0.15, -0.1) is 0 Å². The Morgan fingerprint density at radius 2 is 2.16 bits per heavy atom. The summed E-state index contributed by atoms with van der Waals surface area (Å²) in [6.45, 7) is 1.32.